The van der Waals surface area contributed by atoms with Gasteiger partial charge < -0.3 is 16.0 Å². The lowest BCUT2D eigenvalue weighted by molar-refractivity contribution is -0.136. The Labute approximate surface area is 121 Å². The van der Waals surface area contributed by atoms with E-state index >= 15 is 0 Å². The number of rotatable bonds is 5. The SMILES string of the molecule is NC(=O)CN(C(=O)Cc1ccc(F)cc1F)C1CCNC1. The van der Waals surface area contributed by atoms with Crippen LogP contribution >= 0.6 is 0 Å². The Bertz CT molecular complexity index is 545. The van der Waals surface area contributed by atoms with E-state index in [1.54, 1.807) is 0 Å². The maximum absolute atomic E-state index is 13.6. The molecule has 5 nitrogen and oxygen atoms in total. The van der Waals surface area contributed by atoms with Crippen molar-refractivity contribution in [2.45, 2.75) is 18.9 Å². The van der Waals surface area contributed by atoms with E-state index in [1.807, 2.05) is 0 Å². The molecule has 1 fully saturated rings. The Morgan fingerprint density at radius 1 is 1.38 bits per heavy atom. The molecule has 1 aliphatic rings. The van der Waals surface area contributed by atoms with Gasteiger partial charge in [0.2, 0.25) is 11.8 Å². The van der Waals surface area contributed by atoms with E-state index in [1.165, 1.54) is 11.0 Å². The number of hydrogen-bond acceptors (Lipinski definition) is 3. The predicted octanol–water partition coefficient (Wildman–Crippen LogP) is 0.183. The molecule has 1 aromatic carbocycles. The van der Waals surface area contributed by atoms with E-state index in [4.69, 9.17) is 5.73 Å². The lowest BCUT2D eigenvalue weighted by Gasteiger charge is -2.27. The number of hydrogen-bond donors (Lipinski definition) is 2. The Morgan fingerprint density at radius 2 is 2.14 bits per heavy atom. The summed E-state index contributed by atoms with van der Waals surface area (Å²) in [6, 6.07) is 2.94. The predicted molar refractivity (Wildman–Crippen MR) is 72.2 cm³/mol. The van der Waals surface area contributed by atoms with Crippen LogP contribution in [-0.4, -0.2) is 42.4 Å². The first-order valence-electron chi connectivity index (χ1n) is 6.70. The first-order chi connectivity index (χ1) is 9.97. The maximum Gasteiger partial charge on any atom is 0.237 e. The average Bonchev–Trinajstić information content (AvgIpc) is 2.92. The molecule has 7 heteroatoms. The van der Waals surface area contributed by atoms with Crippen LogP contribution in [0.15, 0.2) is 18.2 Å². The highest BCUT2D eigenvalue weighted by Gasteiger charge is 2.28. The third-order valence-corrected chi connectivity index (χ3v) is 3.48. The summed E-state index contributed by atoms with van der Waals surface area (Å²) < 4.78 is 26.5. The molecule has 2 rings (SSSR count). The zero-order valence-electron chi connectivity index (χ0n) is 11.4. The Kier molecular flexibility index (Phi) is 4.85. The summed E-state index contributed by atoms with van der Waals surface area (Å²) in [6.45, 7) is 1.12. The molecule has 0 aromatic heterocycles. The van der Waals surface area contributed by atoms with Crippen LogP contribution in [-0.2, 0) is 16.0 Å². The molecule has 0 radical (unpaired) electrons. The van der Waals surface area contributed by atoms with Gasteiger partial charge in [-0.15, -0.1) is 0 Å². The normalized spacial score (nSPS) is 17.7. The van der Waals surface area contributed by atoms with Gasteiger partial charge in [0, 0.05) is 18.7 Å². The molecule has 1 aliphatic heterocycles. The van der Waals surface area contributed by atoms with Gasteiger partial charge in [-0.05, 0) is 24.6 Å². The quantitative estimate of drug-likeness (QED) is 0.814. The van der Waals surface area contributed by atoms with E-state index in [0.717, 1.165) is 18.7 Å². The van der Waals surface area contributed by atoms with E-state index in [0.29, 0.717) is 13.0 Å². The van der Waals surface area contributed by atoms with Crippen molar-refractivity contribution in [1.82, 2.24) is 10.2 Å². The topological polar surface area (TPSA) is 75.4 Å². The molecule has 1 saturated heterocycles. The highest BCUT2D eigenvalue weighted by molar-refractivity contribution is 5.85. The van der Waals surface area contributed by atoms with Crippen LogP contribution < -0.4 is 11.1 Å². The van der Waals surface area contributed by atoms with E-state index in [-0.39, 0.29) is 24.6 Å². The van der Waals surface area contributed by atoms with Crippen LogP contribution in [0.2, 0.25) is 0 Å². The molecular weight excluding hydrogens is 280 g/mol. The molecule has 0 aliphatic carbocycles. The van der Waals surface area contributed by atoms with Crippen molar-refractivity contribution in [3.63, 3.8) is 0 Å². The van der Waals surface area contributed by atoms with Gasteiger partial charge in [0.15, 0.2) is 0 Å². The van der Waals surface area contributed by atoms with Crippen LogP contribution in [0.25, 0.3) is 0 Å². The third kappa shape index (κ3) is 3.98. The highest BCUT2D eigenvalue weighted by Crippen LogP contribution is 2.14. The molecule has 114 valence electrons. The Morgan fingerprint density at radius 3 is 2.71 bits per heavy atom. The summed E-state index contributed by atoms with van der Waals surface area (Å²) in [5.41, 5.74) is 5.26. The van der Waals surface area contributed by atoms with E-state index < -0.39 is 23.4 Å². The maximum atomic E-state index is 13.6. The molecule has 0 saturated carbocycles. The van der Waals surface area contributed by atoms with Crippen LogP contribution in [0.3, 0.4) is 0 Å². The summed E-state index contributed by atoms with van der Waals surface area (Å²) in [6.07, 6.45) is 0.487. The summed E-state index contributed by atoms with van der Waals surface area (Å²) >= 11 is 0. The number of nitrogens with zero attached hydrogens (tertiary/aromatic N) is 1. The molecule has 1 unspecified atom stereocenters. The molecule has 0 bridgehead atoms. The Balaban J connectivity index is 2.11. The van der Waals surface area contributed by atoms with Crippen LogP contribution in [0.5, 0.6) is 0 Å². The lowest BCUT2D eigenvalue weighted by Crippen LogP contribution is -2.46. The number of halogens is 2. The van der Waals surface area contributed by atoms with Crippen molar-refractivity contribution >= 4 is 11.8 Å². The molecule has 2 amide bonds. The monoisotopic (exact) mass is 297 g/mol. The first-order valence-corrected chi connectivity index (χ1v) is 6.70. The lowest BCUT2D eigenvalue weighted by atomic mass is 10.1. The number of carbonyl (C=O) groups excluding carboxylic acids is 2. The van der Waals surface area contributed by atoms with Crippen molar-refractivity contribution in [2.24, 2.45) is 5.73 Å². The molecule has 21 heavy (non-hydrogen) atoms. The molecule has 3 N–H and O–H groups in total. The number of amides is 2. The minimum absolute atomic E-state index is 0.0989. The smallest absolute Gasteiger partial charge is 0.237 e. The summed E-state index contributed by atoms with van der Waals surface area (Å²) in [7, 11) is 0. The van der Waals surface area contributed by atoms with Gasteiger partial charge in [0.25, 0.3) is 0 Å². The van der Waals surface area contributed by atoms with Crippen LogP contribution in [0.1, 0.15) is 12.0 Å². The number of primary amides is 1. The van der Waals surface area contributed by atoms with Gasteiger partial charge in [-0.25, -0.2) is 8.78 Å². The summed E-state index contributed by atoms with van der Waals surface area (Å²) in [5, 5.41) is 3.09. The zero-order valence-corrected chi connectivity index (χ0v) is 11.4. The number of nitrogens with two attached hydrogens (primary N) is 1. The average molecular weight is 297 g/mol. The summed E-state index contributed by atoms with van der Waals surface area (Å²) in [4.78, 5) is 24.8. The van der Waals surface area contributed by atoms with Gasteiger partial charge in [-0.3, -0.25) is 9.59 Å². The van der Waals surface area contributed by atoms with Crippen molar-refractivity contribution in [3.05, 3.63) is 35.4 Å². The second-order valence-corrected chi connectivity index (χ2v) is 5.05. The molecule has 1 heterocycles. The van der Waals surface area contributed by atoms with Crippen molar-refractivity contribution in [3.8, 4) is 0 Å². The first kappa shape index (κ1) is 15.4. The minimum Gasteiger partial charge on any atom is -0.368 e. The van der Waals surface area contributed by atoms with Crippen LogP contribution in [0.4, 0.5) is 8.78 Å². The number of carbonyl (C=O) groups is 2. The van der Waals surface area contributed by atoms with Gasteiger partial charge in [-0.2, -0.15) is 0 Å². The second-order valence-electron chi connectivity index (χ2n) is 5.05. The fourth-order valence-electron chi connectivity index (χ4n) is 2.42. The largest absolute Gasteiger partial charge is 0.368 e. The number of nitrogens with one attached hydrogen (secondary N) is 1. The number of benzene rings is 1. The minimum atomic E-state index is -0.771. The van der Waals surface area contributed by atoms with E-state index in [2.05, 4.69) is 5.32 Å². The fraction of sp³-hybridized carbons (Fsp3) is 0.429. The van der Waals surface area contributed by atoms with Gasteiger partial charge in [-0.1, -0.05) is 6.07 Å². The standard InChI is InChI=1S/C14H17F2N3O2/c15-10-2-1-9(12(16)6-10)5-14(21)19(8-13(17)20)11-3-4-18-7-11/h1-2,6,11,18H,3-5,7-8H2,(H2,17,20). The molecular formula is C14H17F2N3O2. The fourth-order valence-corrected chi connectivity index (χ4v) is 2.42. The second kappa shape index (κ2) is 6.62. The van der Waals surface area contributed by atoms with Gasteiger partial charge in [0.1, 0.15) is 11.6 Å². The molecule has 1 aromatic rings. The molecule has 1 atom stereocenters. The Hall–Kier alpha value is -2.02. The van der Waals surface area contributed by atoms with Gasteiger partial charge in [0.05, 0.1) is 13.0 Å². The van der Waals surface area contributed by atoms with Gasteiger partial charge >= 0.3 is 0 Å². The van der Waals surface area contributed by atoms with Crippen LogP contribution in [0, 0.1) is 11.6 Å². The highest BCUT2D eigenvalue weighted by atomic mass is 19.1. The van der Waals surface area contributed by atoms with E-state index in [9.17, 15) is 18.4 Å². The van der Waals surface area contributed by atoms with Crippen molar-refractivity contribution in [2.75, 3.05) is 19.6 Å². The molecule has 0 spiro atoms. The third-order valence-electron chi connectivity index (χ3n) is 3.48. The summed E-state index contributed by atoms with van der Waals surface area (Å²) in [5.74, 6) is -2.48. The zero-order chi connectivity index (χ0) is 15.4. The van der Waals surface area contributed by atoms with Crippen molar-refractivity contribution in [1.29, 1.82) is 0 Å². The van der Waals surface area contributed by atoms with Crippen molar-refractivity contribution < 1.29 is 18.4 Å².